The van der Waals surface area contributed by atoms with E-state index in [-0.39, 0.29) is 11.5 Å². The first-order valence-corrected chi connectivity index (χ1v) is 8.52. The van der Waals surface area contributed by atoms with Crippen LogP contribution in [0, 0.1) is 0 Å². The maximum Gasteiger partial charge on any atom is 0.417 e. The van der Waals surface area contributed by atoms with Gasteiger partial charge < -0.3 is 10.2 Å². The molecule has 2 aliphatic rings. The molecule has 1 saturated heterocycles. The van der Waals surface area contributed by atoms with Crippen molar-refractivity contribution >= 4 is 5.91 Å². The van der Waals surface area contributed by atoms with Gasteiger partial charge in [-0.25, -0.2) is 0 Å². The largest absolute Gasteiger partial charge is 0.417 e. The average molecular weight is 340 g/mol. The fourth-order valence-electron chi connectivity index (χ4n) is 4.11. The zero-order valence-electron chi connectivity index (χ0n) is 14.3. The number of rotatable bonds is 3. The number of fused-ring (bicyclic) bond motifs is 3. The molecule has 1 aromatic carbocycles. The number of benzene rings is 1. The Morgan fingerprint density at radius 2 is 1.96 bits per heavy atom. The summed E-state index contributed by atoms with van der Waals surface area (Å²) in [5, 5.41) is 3.22. The molecule has 0 unspecified atom stereocenters. The molecule has 0 aromatic heterocycles. The highest BCUT2D eigenvalue weighted by atomic mass is 19.4. The van der Waals surface area contributed by atoms with Crippen LogP contribution in [0.4, 0.5) is 13.2 Å². The van der Waals surface area contributed by atoms with Crippen molar-refractivity contribution in [2.24, 2.45) is 0 Å². The van der Waals surface area contributed by atoms with E-state index in [0.717, 1.165) is 12.8 Å². The Morgan fingerprint density at radius 1 is 1.29 bits per heavy atom. The number of hydrogen-bond donors (Lipinski definition) is 1. The fraction of sp³-hybridized carbons (Fsp3) is 0.611. The van der Waals surface area contributed by atoms with Gasteiger partial charge in [-0.1, -0.05) is 19.9 Å². The molecule has 6 heteroatoms. The summed E-state index contributed by atoms with van der Waals surface area (Å²) in [7, 11) is 0. The highest BCUT2D eigenvalue weighted by Gasteiger charge is 2.51. The summed E-state index contributed by atoms with van der Waals surface area (Å²) in [6.45, 7) is 7.35. The first kappa shape index (κ1) is 17.3. The first-order chi connectivity index (χ1) is 11.2. The summed E-state index contributed by atoms with van der Waals surface area (Å²) >= 11 is 0. The second kappa shape index (κ2) is 5.76. The third-order valence-corrected chi connectivity index (χ3v) is 5.54. The van der Waals surface area contributed by atoms with Gasteiger partial charge in [0.1, 0.15) is 0 Å². The molecule has 3 rings (SSSR count). The van der Waals surface area contributed by atoms with Crippen LogP contribution in [-0.2, 0) is 11.7 Å². The molecule has 1 aromatic rings. The Balaban J connectivity index is 2.26. The molecule has 0 radical (unpaired) electrons. The van der Waals surface area contributed by atoms with Crippen LogP contribution in [0.25, 0.3) is 0 Å². The number of amides is 1. The first-order valence-electron chi connectivity index (χ1n) is 8.52. The smallest absolute Gasteiger partial charge is 0.327 e. The van der Waals surface area contributed by atoms with Gasteiger partial charge in [0.2, 0.25) is 0 Å². The van der Waals surface area contributed by atoms with Gasteiger partial charge in [0, 0.05) is 19.6 Å². The lowest BCUT2D eigenvalue weighted by atomic mass is 9.83. The molecule has 24 heavy (non-hydrogen) atoms. The lowest BCUT2D eigenvalue weighted by molar-refractivity contribution is -0.138. The van der Waals surface area contributed by atoms with Crippen molar-refractivity contribution < 1.29 is 18.0 Å². The van der Waals surface area contributed by atoms with Crippen LogP contribution >= 0.6 is 0 Å². The Bertz CT molecular complexity index is 667. The molecular weight excluding hydrogens is 317 g/mol. The Labute approximate surface area is 140 Å². The summed E-state index contributed by atoms with van der Waals surface area (Å²) < 4.78 is 41.1. The number of piperazine rings is 1. The quantitative estimate of drug-likeness (QED) is 0.905. The van der Waals surface area contributed by atoms with Gasteiger partial charge in [0.05, 0.1) is 16.7 Å². The van der Waals surface area contributed by atoms with E-state index >= 15 is 0 Å². The zero-order chi connectivity index (χ0) is 17.7. The number of carbonyl (C=O) groups is 1. The zero-order valence-corrected chi connectivity index (χ0v) is 14.3. The molecule has 0 spiro atoms. The molecule has 1 fully saturated rings. The second-order valence-corrected chi connectivity index (χ2v) is 6.91. The van der Waals surface area contributed by atoms with Crippen molar-refractivity contribution in [1.82, 2.24) is 10.2 Å². The Kier molecular flexibility index (Phi) is 4.14. The van der Waals surface area contributed by atoms with E-state index in [1.807, 2.05) is 26.8 Å². The van der Waals surface area contributed by atoms with E-state index < -0.39 is 23.2 Å². The molecular formula is C18H23F3N2O. The van der Waals surface area contributed by atoms with Crippen LogP contribution in [0.5, 0.6) is 0 Å². The summed E-state index contributed by atoms with van der Waals surface area (Å²) in [6.07, 6.45) is -2.97. The molecule has 3 nitrogen and oxygen atoms in total. The monoisotopic (exact) mass is 340 g/mol. The van der Waals surface area contributed by atoms with E-state index in [9.17, 15) is 18.0 Å². The van der Waals surface area contributed by atoms with Crippen molar-refractivity contribution in [3.63, 3.8) is 0 Å². The molecule has 2 heterocycles. The maximum absolute atomic E-state index is 13.7. The van der Waals surface area contributed by atoms with Crippen LogP contribution in [0.15, 0.2) is 12.1 Å². The lowest BCUT2D eigenvalue weighted by Crippen LogP contribution is -2.55. The van der Waals surface area contributed by atoms with E-state index in [1.165, 1.54) is 6.07 Å². The predicted molar refractivity (Wildman–Crippen MR) is 86.0 cm³/mol. The summed E-state index contributed by atoms with van der Waals surface area (Å²) in [5.74, 6) is -0.418. The fourth-order valence-corrected chi connectivity index (χ4v) is 4.11. The predicted octanol–water partition coefficient (Wildman–Crippen LogP) is 3.88. The Morgan fingerprint density at radius 3 is 2.54 bits per heavy atom. The van der Waals surface area contributed by atoms with Crippen LogP contribution in [0.3, 0.4) is 0 Å². The molecule has 0 saturated carbocycles. The van der Waals surface area contributed by atoms with Gasteiger partial charge in [-0.15, -0.1) is 0 Å². The van der Waals surface area contributed by atoms with Crippen LogP contribution < -0.4 is 5.32 Å². The standard InChI is InChI=1S/C18H23F3N2O/c1-4-11(5-2)12-8-13-15(14(9-12)18(19,20)21)16(24)23-7-6-22-10-17(13,23)3/h8-9,11,22H,4-7,10H2,1-3H3/t17-/m0/s1. The Hall–Kier alpha value is -1.56. The molecule has 132 valence electrons. The van der Waals surface area contributed by atoms with E-state index in [0.29, 0.717) is 30.8 Å². The minimum absolute atomic E-state index is 0.0701. The number of halogens is 3. The number of carbonyl (C=O) groups excluding carboxylic acids is 1. The maximum atomic E-state index is 13.7. The topological polar surface area (TPSA) is 32.3 Å². The van der Waals surface area contributed by atoms with Gasteiger partial charge in [-0.05, 0) is 42.9 Å². The molecule has 1 amide bonds. The van der Waals surface area contributed by atoms with Crippen molar-refractivity contribution in [2.75, 3.05) is 19.6 Å². The van der Waals surface area contributed by atoms with Crippen LogP contribution in [-0.4, -0.2) is 30.4 Å². The van der Waals surface area contributed by atoms with E-state index in [2.05, 4.69) is 5.32 Å². The molecule has 0 aliphatic carbocycles. The highest BCUT2D eigenvalue weighted by Crippen LogP contribution is 2.46. The molecule has 1 N–H and O–H groups in total. The average Bonchev–Trinajstić information content (AvgIpc) is 2.76. The number of nitrogens with zero attached hydrogens (tertiary/aromatic N) is 1. The lowest BCUT2D eigenvalue weighted by Gasteiger charge is -2.40. The minimum Gasteiger partial charge on any atom is -0.327 e. The van der Waals surface area contributed by atoms with Crippen molar-refractivity contribution in [3.8, 4) is 0 Å². The van der Waals surface area contributed by atoms with Gasteiger partial charge in [0.15, 0.2) is 0 Å². The van der Waals surface area contributed by atoms with Gasteiger partial charge in [-0.2, -0.15) is 13.2 Å². The van der Waals surface area contributed by atoms with Crippen molar-refractivity contribution in [2.45, 2.75) is 51.2 Å². The van der Waals surface area contributed by atoms with Crippen molar-refractivity contribution in [1.29, 1.82) is 0 Å². The minimum atomic E-state index is -4.53. The van der Waals surface area contributed by atoms with Crippen LogP contribution in [0.1, 0.15) is 66.6 Å². The summed E-state index contributed by atoms with van der Waals surface area (Å²) in [6, 6.07) is 3.04. The number of nitrogens with one attached hydrogen (secondary N) is 1. The van der Waals surface area contributed by atoms with E-state index in [1.54, 1.807) is 4.90 Å². The third-order valence-electron chi connectivity index (χ3n) is 5.54. The van der Waals surface area contributed by atoms with Crippen molar-refractivity contribution in [3.05, 3.63) is 34.4 Å². The molecule has 2 aliphatic heterocycles. The summed E-state index contributed by atoms with van der Waals surface area (Å²) in [5.41, 5.74) is -0.415. The second-order valence-electron chi connectivity index (χ2n) is 6.91. The molecule has 0 bridgehead atoms. The normalized spacial score (nSPS) is 23.6. The van der Waals surface area contributed by atoms with Gasteiger partial charge in [-0.3, -0.25) is 4.79 Å². The van der Waals surface area contributed by atoms with Gasteiger partial charge >= 0.3 is 6.18 Å². The number of hydrogen-bond acceptors (Lipinski definition) is 2. The van der Waals surface area contributed by atoms with Crippen LogP contribution in [0.2, 0.25) is 0 Å². The number of alkyl halides is 3. The highest BCUT2D eigenvalue weighted by molar-refractivity contribution is 6.02. The van der Waals surface area contributed by atoms with E-state index in [4.69, 9.17) is 0 Å². The summed E-state index contributed by atoms with van der Waals surface area (Å²) in [4.78, 5) is 14.3. The van der Waals surface area contributed by atoms with Gasteiger partial charge in [0.25, 0.3) is 5.91 Å². The molecule has 1 atom stereocenters. The third kappa shape index (κ3) is 2.42. The SMILES string of the molecule is CCC(CC)c1cc(C(F)(F)F)c2c(c1)[C@]1(C)CNCCN1C2=O.